The van der Waals surface area contributed by atoms with Gasteiger partial charge in [0.25, 0.3) is 11.5 Å². The Hall–Kier alpha value is -4.44. The summed E-state index contributed by atoms with van der Waals surface area (Å²) in [7, 11) is 0. The Balaban J connectivity index is 1.52. The number of nitro groups is 1. The molecule has 2 aromatic heterocycles. The van der Waals surface area contributed by atoms with Gasteiger partial charge in [-0.2, -0.15) is 0 Å². The highest BCUT2D eigenvalue weighted by molar-refractivity contribution is 7.22. The number of benzene rings is 2. The van der Waals surface area contributed by atoms with Crippen LogP contribution in [0.2, 0.25) is 0 Å². The highest BCUT2D eigenvalue weighted by Gasteiger charge is 2.49. The molecule has 37 heavy (non-hydrogen) atoms. The molecule has 6 rings (SSSR count). The lowest BCUT2D eigenvalue weighted by Gasteiger charge is -2.22. The molecule has 1 atom stereocenters. The van der Waals surface area contributed by atoms with Gasteiger partial charge in [0, 0.05) is 23.9 Å². The molecule has 0 saturated carbocycles. The molecule has 2 aromatic carbocycles. The van der Waals surface area contributed by atoms with E-state index < -0.39 is 22.7 Å². The summed E-state index contributed by atoms with van der Waals surface area (Å²) in [6, 6.07) is 14.0. The molecule has 1 fully saturated rings. The van der Waals surface area contributed by atoms with Gasteiger partial charge in [-0.3, -0.25) is 29.6 Å². The number of hydrogen-bond acceptors (Lipinski definition) is 8. The van der Waals surface area contributed by atoms with Gasteiger partial charge < -0.3 is 5.11 Å². The number of thiazole rings is 1. The third-order valence-corrected chi connectivity index (χ3v) is 7.83. The second kappa shape index (κ2) is 8.90. The van der Waals surface area contributed by atoms with Gasteiger partial charge in [-0.15, -0.1) is 0 Å². The van der Waals surface area contributed by atoms with E-state index in [-0.39, 0.29) is 22.2 Å². The Morgan fingerprint density at radius 1 is 1.05 bits per heavy atom. The number of hydrogen-bond donors (Lipinski definition) is 1. The van der Waals surface area contributed by atoms with Crippen LogP contribution >= 0.6 is 11.3 Å². The Kier molecular flexibility index (Phi) is 5.53. The number of aromatic nitrogens is 2. The van der Waals surface area contributed by atoms with E-state index in [0.717, 1.165) is 42.6 Å². The molecule has 1 saturated heterocycles. The molecular weight excluding hydrogens is 492 g/mol. The summed E-state index contributed by atoms with van der Waals surface area (Å²) < 4.78 is 0.501. The molecule has 4 aromatic rings. The van der Waals surface area contributed by atoms with Crippen LogP contribution in [0, 0.1) is 10.1 Å². The van der Waals surface area contributed by atoms with Crippen molar-refractivity contribution in [2.45, 2.75) is 31.7 Å². The van der Waals surface area contributed by atoms with Gasteiger partial charge in [0.1, 0.15) is 11.8 Å². The number of carbonyl (C=O) groups excluding carboxylic acids is 2. The lowest BCUT2D eigenvalue weighted by atomic mass is 9.89. The van der Waals surface area contributed by atoms with Gasteiger partial charge in [0.15, 0.2) is 5.13 Å². The molecule has 1 aliphatic heterocycles. The minimum absolute atomic E-state index is 0.0651. The van der Waals surface area contributed by atoms with E-state index in [9.17, 15) is 24.8 Å². The van der Waals surface area contributed by atoms with Gasteiger partial charge in [0.05, 0.1) is 26.4 Å². The Labute approximate surface area is 214 Å². The van der Waals surface area contributed by atoms with Crippen molar-refractivity contribution in [3.05, 3.63) is 98.9 Å². The highest BCUT2D eigenvalue weighted by Crippen LogP contribution is 2.44. The average Bonchev–Trinajstić information content (AvgIpc) is 3.46. The summed E-state index contributed by atoms with van der Waals surface area (Å²) >= 11 is 1.06. The second-order valence-corrected chi connectivity index (χ2v) is 10.0. The minimum Gasteiger partial charge on any atom is -0.507 e. The summed E-state index contributed by atoms with van der Waals surface area (Å²) in [6.45, 7) is 0. The summed E-state index contributed by atoms with van der Waals surface area (Å²) in [5.41, 5.74) is 3.52. The number of non-ortho nitro benzene ring substituents is 1. The number of nitro benzene ring substituents is 1. The number of fused-ring (bicyclic) bond motifs is 2. The van der Waals surface area contributed by atoms with Crippen LogP contribution in [0.15, 0.2) is 66.4 Å². The van der Waals surface area contributed by atoms with E-state index in [0.29, 0.717) is 21.5 Å². The lowest BCUT2D eigenvalue weighted by molar-refractivity contribution is -0.384. The van der Waals surface area contributed by atoms with Crippen LogP contribution in [-0.2, 0) is 22.4 Å². The van der Waals surface area contributed by atoms with Crippen molar-refractivity contribution in [1.82, 2.24) is 9.97 Å². The molecular formula is C27H20N4O5S. The van der Waals surface area contributed by atoms with Gasteiger partial charge in [-0.25, -0.2) is 4.98 Å². The molecule has 1 N–H and O–H groups in total. The zero-order chi connectivity index (χ0) is 25.7. The monoisotopic (exact) mass is 512 g/mol. The van der Waals surface area contributed by atoms with Crippen LogP contribution in [0.1, 0.15) is 41.3 Å². The maximum Gasteiger partial charge on any atom is 0.301 e. The number of aliphatic hydroxyl groups is 1. The van der Waals surface area contributed by atoms with Gasteiger partial charge >= 0.3 is 5.91 Å². The number of aliphatic hydroxyl groups excluding tert-OH is 1. The van der Waals surface area contributed by atoms with Crippen LogP contribution in [0.25, 0.3) is 16.0 Å². The third-order valence-electron chi connectivity index (χ3n) is 6.81. The van der Waals surface area contributed by atoms with Crippen LogP contribution in [0.3, 0.4) is 0 Å². The molecule has 1 unspecified atom stereocenters. The fraction of sp³-hybridized carbons (Fsp3) is 0.185. The summed E-state index contributed by atoms with van der Waals surface area (Å²) in [5.74, 6) is -1.94. The predicted molar refractivity (Wildman–Crippen MR) is 138 cm³/mol. The number of aryl methyl sites for hydroxylation is 2. The third kappa shape index (κ3) is 3.86. The number of ketones is 1. The highest BCUT2D eigenvalue weighted by atomic mass is 32.1. The first-order valence-electron chi connectivity index (χ1n) is 11.8. The minimum atomic E-state index is -1.01. The zero-order valence-corrected chi connectivity index (χ0v) is 20.3. The van der Waals surface area contributed by atoms with Crippen molar-refractivity contribution < 1.29 is 19.6 Å². The molecule has 1 amide bonds. The van der Waals surface area contributed by atoms with Crippen molar-refractivity contribution in [3.8, 4) is 0 Å². The second-order valence-electron chi connectivity index (χ2n) is 9.02. The Morgan fingerprint density at radius 3 is 2.62 bits per heavy atom. The number of nitrogens with zero attached hydrogens (tertiary/aromatic N) is 4. The molecule has 1 aliphatic carbocycles. The maximum absolute atomic E-state index is 13.4. The normalized spacial score (nSPS) is 18.8. The van der Waals surface area contributed by atoms with Crippen LogP contribution in [0.4, 0.5) is 10.8 Å². The number of rotatable bonds is 4. The van der Waals surface area contributed by atoms with Crippen molar-refractivity contribution in [2.24, 2.45) is 0 Å². The van der Waals surface area contributed by atoms with Crippen molar-refractivity contribution in [1.29, 1.82) is 0 Å². The summed E-state index contributed by atoms with van der Waals surface area (Å²) in [5, 5.41) is 22.8. The van der Waals surface area contributed by atoms with E-state index in [2.05, 4.69) is 9.97 Å². The summed E-state index contributed by atoms with van der Waals surface area (Å²) in [4.78, 5) is 47.6. The van der Waals surface area contributed by atoms with E-state index in [4.69, 9.17) is 0 Å². The van der Waals surface area contributed by atoms with E-state index >= 15 is 0 Å². The molecule has 3 heterocycles. The number of pyridine rings is 1. The fourth-order valence-electron chi connectivity index (χ4n) is 5.00. The molecule has 0 radical (unpaired) electrons. The molecule has 10 heteroatoms. The first-order chi connectivity index (χ1) is 17.9. The van der Waals surface area contributed by atoms with Gasteiger partial charge in [0.2, 0.25) is 0 Å². The number of Topliss-reactive ketones (excluding diaryl/α,β-unsaturated/α-hetero) is 1. The van der Waals surface area contributed by atoms with E-state index in [1.807, 2.05) is 12.1 Å². The number of carbonyl (C=O) groups is 2. The SMILES string of the molecule is O=C1C(=O)N(c2nc3ccc([N+](=O)[O-])cc3s2)C(c2ccccn2)/C1=C(\O)c1ccc2c(c1)CCCC2. The standard InChI is InChI=1S/C27H20N4O5S/c32-24(17-9-8-15-5-1-2-6-16(15)13-17)22-23(20-7-3-4-12-28-20)30(26(34)25(22)33)27-29-19-11-10-18(31(35)36)14-21(19)37-27/h3-4,7-14,23,32H,1-2,5-6H2/b24-22+. The van der Waals surface area contributed by atoms with Crippen molar-refractivity contribution >= 4 is 49.8 Å². The molecule has 2 aliphatic rings. The first kappa shape index (κ1) is 23.0. The molecule has 0 bridgehead atoms. The number of anilines is 1. The van der Waals surface area contributed by atoms with Gasteiger partial charge in [-0.05, 0) is 61.1 Å². The fourth-order valence-corrected chi connectivity index (χ4v) is 6.03. The quantitative estimate of drug-likeness (QED) is 0.132. The van der Waals surface area contributed by atoms with Crippen molar-refractivity contribution in [2.75, 3.05) is 4.90 Å². The Morgan fingerprint density at radius 2 is 1.86 bits per heavy atom. The molecule has 9 nitrogen and oxygen atoms in total. The molecule has 0 spiro atoms. The van der Waals surface area contributed by atoms with E-state index in [1.165, 1.54) is 28.7 Å². The van der Waals surface area contributed by atoms with Crippen LogP contribution in [-0.4, -0.2) is 31.7 Å². The lowest BCUT2D eigenvalue weighted by Crippen LogP contribution is -2.29. The van der Waals surface area contributed by atoms with E-state index in [1.54, 1.807) is 30.5 Å². The predicted octanol–water partition coefficient (Wildman–Crippen LogP) is 5.10. The maximum atomic E-state index is 13.4. The smallest absolute Gasteiger partial charge is 0.301 e. The topological polar surface area (TPSA) is 127 Å². The Bertz CT molecular complexity index is 1630. The summed E-state index contributed by atoms with van der Waals surface area (Å²) in [6.07, 6.45) is 5.60. The first-order valence-corrected chi connectivity index (χ1v) is 12.6. The zero-order valence-electron chi connectivity index (χ0n) is 19.5. The number of amides is 1. The van der Waals surface area contributed by atoms with Crippen LogP contribution < -0.4 is 4.90 Å². The molecule has 184 valence electrons. The average molecular weight is 513 g/mol. The van der Waals surface area contributed by atoms with Crippen molar-refractivity contribution in [3.63, 3.8) is 0 Å². The largest absolute Gasteiger partial charge is 0.507 e. The van der Waals surface area contributed by atoms with Gasteiger partial charge in [-0.1, -0.05) is 29.5 Å². The van der Waals surface area contributed by atoms with Crippen LogP contribution in [0.5, 0.6) is 0 Å².